The van der Waals surface area contributed by atoms with Gasteiger partial charge in [-0.1, -0.05) is 18.2 Å². The van der Waals surface area contributed by atoms with Crippen LogP contribution >= 0.6 is 0 Å². The average Bonchev–Trinajstić information content (AvgIpc) is 3.31. The summed E-state index contributed by atoms with van der Waals surface area (Å²) in [5.41, 5.74) is 3.62. The number of aromatic nitrogens is 2. The first-order valence-corrected chi connectivity index (χ1v) is 9.21. The molecule has 1 aliphatic rings. The zero-order valence-corrected chi connectivity index (χ0v) is 16.0. The quantitative estimate of drug-likeness (QED) is 0.283. The van der Waals surface area contributed by atoms with E-state index in [1.807, 2.05) is 31.2 Å². The van der Waals surface area contributed by atoms with E-state index in [9.17, 15) is 14.9 Å². The number of aryl methyl sites for hydroxylation is 1. The van der Waals surface area contributed by atoms with E-state index in [4.69, 9.17) is 9.47 Å². The average molecular weight is 393 g/mol. The van der Waals surface area contributed by atoms with Crippen molar-refractivity contribution in [3.05, 3.63) is 75.1 Å². The number of para-hydroxylation sites is 1. The molecule has 0 atom stereocenters. The number of hydrogen-bond acceptors (Lipinski definition) is 6. The zero-order valence-electron chi connectivity index (χ0n) is 16.0. The van der Waals surface area contributed by atoms with Crippen LogP contribution in [0.4, 0.5) is 5.69 Å². The highest BCUT2D eigenvalue weighted by Crippen LogP contribution is 2.33. The number of methoxy groups -OCH3 is 1. The van der Waals surface area contributed by atoms with E-state index in [2.05, 4.69) is 5.10 Å². The highest BCUT2D eigenvalue weighted by atomic mass is 16.6. The van der Waals surface area contributed by atoms with Gasteiger partial charge in [0.15, 0.2) is 5.69 Å². The van der Waals surface area contributed by atoms with Crippen LogP contribution in [0.5, 0.6) is 11.5 Å². The molecule has 0 aliphatic heterocycles. The summed E-state index contributed by atoms with van der Waals surface area (Å²) < 4.78 is 12.2. The molecule has 0 radical (unpaired) electrons. The number of hydrogen-bond donors (Lipinski definition) is 0. The molecule has 0 amide bonds. The number of nitrogens with zero attached hydrogens (tertiary/aromatic N) is 3. The number of esters is 1. The van der Waals surface area contributed by atoms with Gasteiger partial charge in [-0.05, 0) is 49.9 Å². The molecule has 0 unspecified atom stereocenters. The Hall–Kier alpha value is -3.68. The molecule has 0 N–H and O–H groups in total. The van der Waals surface area contributed by atoms with Gasteiger partial charge in [0.1, 0.15) is 5.75 Å². The Labute approximate surface area is 166 Å². The minimum absolute atomic E-state index is 0.141. The highest BCUT2D eigenvalue weighted by molar-refractivity contribution is 5.91. The molecule has 0 saturated heterocycles. The van der Waals surface area contributed by atoms with Gasteiger partial charge in [0.05, 0.1) is 23.8 Å². The third-order valence-electron chi connectivity index (χ3n) is 5.03. The molecular weight excluding hydrogens is 374 g/mol. The predicted molar refractivity (Wildman–Crippen MR) is 105 cm³/mol. The van der Waals surface area contributed by atoms with Crippen molar-refractivity contribution in [3.8, 4) is 17.2 Å². The molecule has 1 heterocycles. The number of ether oxygens (including phenoxy) is 2. The molecule has 1 aromatic heterocycles. The standard InChI is InChI=1S/C21H19N3O5/c1-13-6-3-4-8-16(13)23-17-9-5-7-15(17)20(22-23)21(25)29-19-11-10-14(28-2)12-18(19)24(26)27/h3-4,6,8,10-12H,5,7,9H2,1-2H3. The largest absolute Gasteiger partial charge is 0.496 e. The van der Waals surface area contributed by atoms with E-state index in [1.165, 1.54) is 25.3 Å². The molecule has 0 spiro atoms. The van der Waals surface area contributed by atoms with Gasteiger partial charge in [0.25, 0.3) is 0 Å². The molecule has 0 fully saturated rings. The maximum atomic E-state index is 12.9. The lowest BCUT2D eigenvalue weighted by atomic mass is 10.2. The van der Waals surface area contributed by atoms with Crippen molar-refractivity contribution in [3.63, 3.8) is 0 Å². The van der Waals surface area contributed by atoms with Gasteiger partial charge >= 0.3 is 11.7 Å². The lowest BCUT2D eigenvalue weighted by Gasteiger charge is -2.08. The van der Waals surface area contributed by atoms with E-state index in [0.717, 1.165) is 41.8 Å². The summed E-state index contributed by atoms with van der Waals surface area (Å²) in [7, 11) is 1.41. The van der Waals surface area contributed by atoms with Crippen molar-refractivity contribution < 1.29 is 19.2 Å². The van der Waals surface area contributed by atoms with Gasteiger partial charge in [0, 0.05) is 11.3 Å². The predicted octanol–water partition coefficient (Wildman–Crippen LogP) is 3.81. The maximum absolute atomic E-state index is 12.9. The van der Waals surface area contributed by atoms with E-state index >= 15 is 0 Å². The van der Waals surface area contributed by atoms with E-state index in [-0.39, 0.29) is 17.1 Å². The molecule has 1 aliphatic carbocycles. The lowest BCUT2D eigenvalue weighted by Crippen LogP contribution is -2.13. The normalized spacial score (nSPS) is 12.5. The fraction of sp³-hybridized carbons (Fsp3) is 0.238. The lowest BCUT2D eigenvalue weighted by molar-refractivity contribution is -0.385. The molecule has 3 aromatic rings. The first-order chi connectivity index (χ1) is 14.0. The van der Waals surface area contributed by atoms with Crippen molar-refractivity contribution in [2.75, 3.05) is 7.11 Å². The van der Waals surface area contributed by atoms with Crippen molar-refractivity contribution in [1.82, 2.24) is 9.78 Å². The maximum Gasteiger partial charge on any atom is 0.364 e. The Morgan fingerprint density at radius 3 is 2.72 bits per heavy atom. The van der Waals surface area contributed by atoms with Crippen molar-refractivity contribution in [2.45, 2.75) is 26.2 Å². The monoisotopic (exact) mass is 393 g/mol. The molecule has 2 aromatic carbocycles. The van der Waals surface area contributed by atoms with E-state index < -0.39 is 10.9 Å². The molecular formula is C21H19N3O5. The molecule has 0 bridgehead atoms. The second kappa shape index (κ2) is 7.38. The summed E-state index contributed by atoms with van der Waals surface area (Å²) in [5, 5.41) is 15.9. The summed E-state index contributed by atoms with van der Waals surface area (Å²) in [6.45, 7) is 1.98. The first kappa shape index (κ1) is 18.7. The van der Waals surface area contributed by atoms with Crippen LogP contribution in [0.2, 0.25) is 0 Å². The fourth-order valence-electron chi connectivity index (χ4n) is 3.60. The Morgan fingerprint density at radius 1 is 1.21 bits per heavy atom. The van der Waals surface area contributed by atoms with Crippen LogP contribution in [0, 0.1) is 17.0 Å². The van der Waals surface area contributed by atoms with Gasteiger partial charge < -0.3 is 9.47 Å². The second-order valence-electron chi connectivity index (χ2n) is 6.81. The van der Waals surface area contributed by atoms with Crippen molar-refractivity contribution in [2.24, 2.45) is 0 Å². The Bertz CT molecular complexity index is 1120. The number of carbonyl (C=O) groups is 1. The second-order valence-corrected chi connectivity index (χ2v) is 6.81. The molecule has 29 heavy (non-hydrogen) atoms. The van der Waals surface area contributed by atoms with Gasteiger partial charge in [-0.2, -0.15) is 5.10 Å². The molecule has 8 nitrogen and oxygen atoms in total. The minimum Gasteiger partial charge on any atom is -0.496 e. The smallest absolute Gasteiger partial charge is 0.364 e. The van der Waals surface area contributed by atoms with Gasteiger partial charge in [-0.25, -0.2) is 9.48 Å². The summed E-state index contributed by atoms with van der Waals surface area (Å²) in [5.74, 6) is -0.539. The SMILES string of the molecule is COc1ccc(OC(=O)c2nn(-c3ccccc3C)c3c2CCC3)c([N+](=O)[O-])c1. The van der Waals surface area contributed by atoms with Crippen molar-refractivity contribution in [1.29, 1.82) is 0 Å². The van der Waals surface area contributed by atoms with Crippen molar-refractivity contribution >= 4 is 11.7 Å². The van der Waals surface area contributed by atoms with Crippen LogP contribution in [0.3, 0.4) is 0 Å². The summed E-state index contributed by atoms with van der Waals surface area (Å²) in [4.78, 5) is 23.6. The number of nitro benzene ring substituents is 1. The molecule has 0 saturated carbocycles. The third-order valence-corrected chi connectivity index (χ3v) is 5.03. The Kier molecular flexibility index (Phi) is 4.75. The van der Waals surface area contributed by atoms with Crippen LogP contribution in [-0.4, -0.2) is 27.8 Å². The summed E-state index contributed by atoms with van der Waals surface area (Å²) >= 11 is 0. The number of benzene rings is 2. The number of fused-ring (bicyclic) bond motifs is 1. The number of nitro groups is 1. The van der Waals surface area contributed by atoms with Crippen LogP contribution in [-0.2, 0) is 12.8 Å². The van der Waals surface area contributed by atoms with E-state index in [1.54, 1.807) is 4.68 Å². The Morgan fingerprint density at radius 2 is 2.00 bits per heavy atom. The summed E-state index contributed by atoms with van der Waals surface area (Å²) in [6.07, 6.45) is 2.45. The topological polar surface area (TPSA) is 96.5 Å². The van der Waals surface area contributed by atoms with Crippen LogP contribution < -0.4 is 9.47 Å². The third kappa shape index (κ3) is 3.33. The number of rotatable bonds is 5. The Balaban J connectivity index is 1.72. The first-order valence-electron chi connectivity index (χ1n) is 9.21. The van der Waals surface area contributed by atoms with Gasteiger partial charge in [-0.3, -0.25) is 10.1 Å². The molecule has 8 heteroatoms. The van der Waals surface area contributed by atoms with Crippen LogP contribution in [0.25, 0.3) is 5.69 Å². The zero-order chi connectivity index (χ0) is 20.5. The minimum atomic E-state index is -0.705. The van der Waals surface area contributed by atoms with Crippen LogP contribution in [0.15, 0.2) is 42.5 Å². The van der Waals surface area contributed by atoms with E-state index in [0.29, 0.717) is 5.75 Å². The number of carbonyl (C=O) groups excluding carboxylic acids is 1. The molecule has 4 rings (SSSR count). The van der Waals surface area contributed by atoms with Gasteiger partial charge in [-0.15, -0.1) is 0 Å². The van der Waals surface area contributed by atoms with Crippen LogP contribution in [0.1, 0.15) is 33.7 Å². The molecule has 148 valence electrons. The highest BCUT2D eigenvalue weighted by Gasteiger charge is 2.30. The van der Waals surface area contributed by atoms with Gasteiger partial charge in [0.2, 0.25) is 5.75 Å². The summed E-state index contributed by atoms with van der Waals surface area (Å²) in [6, 6.07) is 11.9. The fourth-order valence-corrected chi connectivity index (χ4v) is 3.60.